The highest BCUT2D eigenvalue weighted by Crippen LogP contribution is 2.20. The Morgan fingerprint density at radius 2 is 2.28 bits per heavy atom. The molecule has 2 rings (SSSR count). The van der Waals surface area contributed by atoms with Gasteiger partial charge in [-0.1, -0.05) is 0 Å². The van der Waals surface area contributed by atoms with Gasteiger partial charge in [-0.3, -0.25) is 4.79 Å². The zero-order valence-corrected chi connectivity index (χ0v) is 9.77. The molecular weight excluding hydrogens is 236 g/mol. The Kier molecular flexibility index (Phi) is 3.27. The first-order valence-electron chi connectivity index (χ1n) is 5.39. The molecule has 0 unspecified atom stereocenters. The molecule has 94 valence electrons. The standard InChI is InChI=1S/C12H12N2O4/c1-18-7-2-3-8-9(4-5-11(15)16)13-12(17)14-10(8)6-7/h2-3,6H,4-5H2,1H3,(H,15,16)(H,13,14,17). The highest BCUT2D eigenvalue weighted by molar-refractivity contribution is 5.82. The number of nitrogens with one attached hydrogen (secondary N) is 1. The summed E-state index contributed by atoms with van der Waals surface area (Å²) in [6.07, 6.45) is 0.219. The van der Waals surface area contributed by atoms with Gasteiger partial charge in [0, 0.05) is 17.1 Å². The van der Waals surface area contributed by atoms with E-state index < -0.39 is 11.7 Å². The van der Waals surface area contributed by atoms with Crippen molar-refractivity contribution in [3.8, 4) is 5.75 Å². The molecule has 2 N–H and O–H groups in total. The Morgan fingerprint density at radius 1 is 1.50 bits per heavy atom. The van der Waals surface area contributed by atoms with Crippen LogP contribution in [0, 0.1) is 0 Å². The van der Waals surface area contributed by atoms with Crippen molar-refractivity contribution in [2.75, 3.05) is 7.11 Å². The zero-order chi connectivity index (χ0) is 13.1. The number of fused-ring (bicyclic) bond motifs is 1. The fourth-order valence-corrected chi connectivity index (χ4v) is 1.75. The molecule has 0 bridgehead atoms. The Balaban J connectivity index is 2.51. The second-order valence-electron chi connectivity index (χ2n) is 3.80. The van der Waals surface area contributed by atoms with Gasteiger partial charge in [-0.2, -0.15) is 4.98 Å². The van der Waals surface area contributed by atoms with E-state index in [1.807, 2.05) is 0 Å². The molecule has 0 fully saturated rings. The van der Waals surface area contributed by atoms with Gasteiger partial charge in [-0.15, -0.1) is 0 Å². The molecule has 2 aromatic rings. The average molecular weight is 248 g/mol. The van der Waals surface area contributed by atoms with E-state index in [0.29, 0.717) is 17.0 Å². The SMILES string of the molecule is COc1ccc2c(CCC(=O)O)[nH]c(=O)nc2c1. The van der Waals surface area contributed by atoms with Gasteiger partial charge in [0.2, 0.25) is 0 Å². The number of nitrogens with zero attached hydrogens (tertiary/aromatic N) is 1. The number of carboxylic acid groups (broad SMARTS) is 1. The highest BCUT2D eigenvalue weighted by atomic mass is 16.5. The maximum Gasteiger partial charge on any atom is 0.345 e. The van der Waals surface area contributed by atoms with Crippen molar-refractivity contribution < 1.29 is 14.6 Å². The first kappa shape index (κ1) is 12.1. The quantitative estimate of drug-likeness (QED) is 0.840. The summed E-state index contributed by atoms with van der Waals surface area (Å²) in [7, 11) is 1.53. The van der Waals surface area contributed by atoms with Crippen molar-refractivity contribution in [3.63, 3.8) is 0 Å². The summed E-state index contributed by atoms with van der Waals surface area (Å²) in [5.41, 5.74) is 0.588. The number of ether oxygens (including phenoxy) is 1. The van der Waals surface area contributed by atoms with Gasteiger partial charge in [-0.25, -0.2) is 4.79 Å². The van der Waals surface area contributed by atoms with E-state index in [0.717, 1.165) is 5.39 Å². The predicted molar refractivity (Wildman–Crippen MR) is 64.9 cm³/mol. The lowest BCUT2D eigenvalue weighted by Gasteiger charge is -2.06. The van der Waals surface area contributed by atoms with E-state index in [9.17, 15) is 9.59 Å². The number of aromatic nitrogens is 2. The molecule has 1 aromatic heterocycles. The van der Waals surface area contributed by atoms with E-state index in [1.165, 1.54) is 7.11 Å². The largest absolute Gasteiger partial charge is 0.497 e. The van der Waals surface area contributed by atoms with Gasteiger partial charge in [-0.05, 0) is 18.6 Å². The summed E-state index contributed by atoms with van der Waals surface area (Å²) < 4.78 is 5.05. The van der Waals surface area contributed by atoms with Gasteiger partial charge in [0.1, 0.15) is 5.75 Å². The second kappa shape index (κ2) is 4.87. The van der Waals surface area contributed by atoms with Crippen molar-refractivity contribution in [2.24, 2.45) is 0 Å². The van der Waals surface area contributed by atoms with Crippen LogP contribution in [-0.2, 0) is 11.2 Å². The van der Waals surface area contributed by atoms with E-state index in [2.05, 4.69) is 9.97 Å². The lowest BCUT2D eigenvalue weighted by atomic mass is 10.1. The Hall–Kier alpha value is -2.37. The molecule has 6 nitrogen and oxygen atoms in total. The van der Waals surface area contributed by atoms with Gasteiger partial charge >= 0.3 is 11.7 Å². The first-order chi connectivity index (χ1) is 8.60. The van der Waals surface area contributed by atoms with E-state index >= 15 is 0 Å². The number of hydrogen-bond donors (Lipinski definition) is 2. The van der Waals surface area contributed by atoms with Crippen molar-refractivity contribution in [1.82, 2.24) is 9.97 Å². The van der Waals surface area contributed by atoms with Crippen LogP contribution in [0.4, 0.5) is 0 Å². The summed E-state index contributed by atoms with van der Waals surface area (Å²) in [5, 5.41) is 9.40. The number of aliphatic carboxylic acids is 1. The molecule has 18 heavy (non-hydrogen) atoms. The smallest absolute Gasteiger partial charge is 0.345 e. The van der Waals surface area contributed by atoms with Crippen LogP contribution in [0.15, 0.2) is 23.0 Å². The van der Waals surface area contributed by atoms with E-state index in [4.69, 9.17) is 9.84 Å². The molecule has 0 spiro atoms. The van der Waals surface area contributed by atoms with Gasteiger partial charge in [0.05, 0.1) is 19.0 Å². The van der Waals surface area contributed by atoms with Crippen LogP contribution in [0.5, 0.6) is 5.75 Å². The lowest BCUT2D eigenvalue weighted by molar-refractivity contribution is -0.136. The molecule has 0 aliphatic heterocycles. The summed E-state index contributed by atoms with van der Waals surface area (Å²) in [6, 6.07) is 5.15. The number of benzene rings is 1. The van der Waals surface area contributed by atoms with Crippen LogP contribution in [0.25, 0.3) is 10.9 Å². The minimum atomic E-state index is -0.908. The normalized spacial score (nSPS) is 10.5. The number of rotatable bonds is 4. The molecule has 1 aromatic carbocycles. The Bertz CT molecular complexity index is 648. The monoisotopic (exact) mass is 248 g/mol. The molecule has 0 aliphatic carbocycles. The Labute approximate surface area is 102 Å². The van der Waals surface area contributed by atoms with E-state index in [1.54, 1.807) is 18.2 Å². The van der Waals surface area contributed by atoms with Crippen LogP contribution in [0.2, 0.25) is 0 Å². The van der Waals surface area contributed by atoms with Crippen LogP contribution >= 0.6 is 0 Å². The average Bonchev–Trinajstić information content (AvgIpc) is 2.34. The van der Waals surface area contributed by atoms with Crippen LogP contribution in [0.3, 0.4) is 0 Å². The maximum atomic E-state index is 11.4. The summed E-state index contributed by atoms with van der Waals surface area (Å²) in [5.74, 6) is -0.306. The highest BCUT2D eigenvalue weighted by Gasteiger charge is 2.07. The van der Waals surface area contributed by atoms with Crippen LogP contribution < -0.4 is 10.4 Å². The molecule has 0 atom stereocenters. The number of methoxy groups -OCH3 is 1. The predicted octanol–water partition coefficient (Wildman–Crippen LogP) is 0.949. The second-order valence-corrected chi connectivity index (χ2v) is 3.80. The number of H-pyrrole nitrogens is 1. The third-order valence-corrected chi connectivity index (χ3v) is 2.60. The topological polar surface area (TPSA) is 92.3 Å². The molecular formula is C12H12N2O4. The number of hydrogen-bond acceptors (Lipinski definition) is 4. The number of aromatic amines is 1. The summed E-state index contributed by atoms with van der Waals surface area (Å²) in [4.78, 5) is 28.4. The summed E-state index contributed by atoms with van der Waals surface area (Å²) >= 11 is 0. The first-order valence-corrected chi connectivity index (χ1v) is 5.39. The van der Waals surface area contributed by atoms with Crippen LogP contribution in [-0.4, -0.2) is 28.2 Å². The third kappa shape index (κ3) is 2.48. The fourth-order valence-electron chi connectivity index (χ4n) is 1.75. The number of carboxylic acids is 1. The van der Waals surface area contributed by atoms with Gasteiger partial charge < -0.3 is 14.8 Å². The van der Waals surface area contributed by atoms with E-state index in [-0.39, 0.29) is 12.8 Å². The van der Waals surface area contributed by atoms with Crippen molar-refractivity contribution >= 4 is 16.9 Å². The minimum absolute atomic E-state index is 0.0406. The molecule has 0 saturated heterocycles. The van der Waals surface area contributed by atoms with Crippen molar-refractivity contribution in [3.05, 3.63) is 34.4 Å². The molecule has 0 radical (unpaired) electrons. The minimum Gasteiger partial charge on any atom is -0.497 e. The zero-order valence-electron chi connectivity index (χ0n) is 9.77. The molecule has 0 amide bonds. The van der Waals surface area contributed by atoms with Crippen molar-refractivity contribution in [2.45, 2.75) is 12.8 Å². The molecule has 0 saturated carbocycles. The van der Waals surface area contributed by atoms with Gasteiger partial charge in [0.15, 0.2) is 0 Å². The maximum absolute atomic E-state index is 11.4. The molecule has 6 heteroatoms. The molecule has 0 aliphatic rings. The third-order valence-electron chi connectivity index (χ3n) is 2.60. The summed E-state index contributed by atoms with van der Waals surface area (Å²) in [6.45, 7) is 0. The Morgan fingerprint density at radius 3 is 2.94 bits per heavy atom. The van der Waals surface area contributed by atoms with Crippen LogP contribution in [0.1, 0.15) is 12.1 Å². The molecule has 1 heterocycles. The van der Waals surface area contributed by atoms with Crippen molar-refractivity contribution in [1.29, 1.82) is 0 Å². The number of aryl methyl sites for hydroxylation is 1. The number of carbonyl (C=O) groups is 1. The fraction of sp³-hybridized carbons (Fsp3) is 0.250. The van der Waals surface area contributed by atoms with Gasteiger partial charge in [0.25, 0.3) is 0 Å². The lowest BCUT2D eigenvalue weighted by Crippen LogP contribution is -2.14.